The second-order valence-corrected chi connectivity index (χ2v) is 5.04. The van der Waals surface area contributed by atoms with Crippen LogP contribution >= 0.6 is 15.9 Å². The van der Waals surface area contributed by atoms with E-state index >= 15 is 0 Å². The second-order valence-electron chi connectivity index (χ2n) is 4.18. The van der Waals surface area contributed by atoms with E-state index in [1.807, 2.05) is 0 Å². The summed E-state index contributed by atoms with van der Waals surface area (Å²) < 4.78 is 0.819. The maximum absolute atomic E-state index is 11.8. The Balaban J connectivity index is 2.56. The molecule has 0 spiro atoms. The Morgan fingerprint density at radius 1 is 1.50 bits per heavy atom. The quantitative estimate of drug-likeness (QED) is 0.645. The third kappa shape index (κ3) is 3.94. The first-order valence-electron chi connectivity index (χ1n) is 5.29. The lowest BCUT2D eigenvalue weighted by Crippen LogP contribution is -2.26. The molecule has 0 aliphatic carbocycles. The third-order valence-electron chi connectivity index (χ3n) is 2.16. The molecule has 4 heteroatoms. The molecule has 16 heavy (non-hydrogen) atoms. The molecule has 0 saturated heterocycles. The summed E-state index contributed by atoms with van der Waals surface area (Å²) in [7, 11) is 0. The number of rotatable bonds is 5. The van der Waals surface area contributed by atoms with Crippen LogP contribution in [0.4, 0.5) is 5.69 Å². The highest BCUT2D eigenvalue weighted by molar-refractivity contribution is 9.10. The van der Waals surface area contributed by atoms with Crippen molar-refractivity contribution in [3.8, 4) is 0 Å². The Morgan fingerprint density at radius 2 is 2.19 bits per heavy atom. The van der Waals surface area contributed by atoms with Gasteiger partial charge in [0.1, 0.15) is 0 Å². The minimum Gasteiger partial charge on any atom is -0.398 e. The Labute approximate surface area is 105 Å². The van der Waals surface area contributed by atoms with Crippen LogP contribution in [-0.2, 0) is 0 Å². The number of nitrogen functional groups attached to an aromatic ring is 1. The van der Waals surface area contributed by atoms with E-state index < -0.39 is 0 Å². The summed E-state index contributed by atoms with van der Waals surface area (Å²) in [4.78, 5) is 11.8. The SMILES string of the molecule is CC(C)CNCC(=O)c1ccc(Br)c(N)c1. The van der Waals surface area contributed by atoms with Gasteiger partial charge in [0.15, 0.2) is 5.78 Å². The first-order chi connectivity index (χ1) is 7.50. The lowest BCUT2D eigenvalue weighted by molar-refractivity contribution is 0.0990. The van der Waals surface area contributed by atoms with Gasteiger partial charge in [-0.3, -0.25) is 4.79 Å². The summed E-state index contributed by atoms with van der Waals surface area (Å²) >= 11 is 3.30. The van der Waals surface area contributed by atoms with Crippen LogP contribution in [0.5, 0.6) is 0 Å². The molecule has 0 saturated carbocycles. The van der Waals surface area contributed by atoms with Crippen LogP contribution in [0.25, 0.3) is 0 Å². The number of hydrogen-bond acceptors (Lipinski definition) is 3. The van der Waals surface area contributed by atoms with Crippen molar-refractivity contribution in [1.82, 2.24) is 5.32 Å². The maximum Gasteiger partial charge on any atom is 0.176 e. The molecule has 88 valence electrons. The van der Waals surface area contributed by atoms with Gasteiger partial charge in [0.2, 0.25) is 0 Å². The molecule has 1 rings (SSSR count). The molecule has 1 aromatic rings. The van der Waals surface area contributed by atoms with Crippen molar-refractivity contribution in [2.24, 2.45) is 5.92 Å². The van der Waals surface area contributed by atoms with Crippen molar-refractivity contribution in [3.05, 3.63) is 28.2 Å². The topological polar surface area (TPSA) is 55.1 Å². The fraction of sp³-hybridized carbons (Fsp3) is 0.417. The molecule has 1 aromatic carbocycles. The highest BCUT2D eigenvalue weighted by atomic mass is 79.9. The van der Waals surface area contributed by atoms with Crippen molar-refractivity contribution in [2.45, 2.75) is 13.8 Å². The predicted octanol–water partition coefficient (Wildman–Crippen LogP) is 2.46. The number of benzene rings is 1. The molecule has 0 radical (unpaired) electrons. The second kappa shape index (κ2) is 6.01. The van der Waals surface area contributed by atoms with E-state index in [0.717, 1.165) is 11.0 Å². The lowest BCUT2D eigenvalue weighted by atomic mass is 10.1. The highest BCUT2D eigenvalue weighted by Gasteiger charge is 2.07. The molecule has 3 N–H and O–H groups in total. The minimum absolute atomic E-state index is 0.0693. The van der Waals surface area contributed by atoms with Crippen LogP contribution in [0, 0.1) is 5.92 Å². The van der Waals surface area contributed by atoms with Crippen LogP contribution in [0.2, 0.25) is 0 Å². The summed E-state index contributed by atoms with van der Waals surface area (Å²) in [6.45, 7) is 5.42. The summed E-state index contributed by atoms with van der Waals surface area (Å²) in [5, 5.41) is 3.12. The van der Waals surface area contributed by atoms with E-state index in [1.165, 1.54) is 0 Å². The van der Waals surface area contributed by atoms with Gasteiger partial charge in [0.25, 0.3) is 0 Å². The van der Waals surface area contributed by atoms with Gasteiger partial charge >= 0.3 is 0 Å². The zero-order chi connectivity index (χ0) is 12.1. The van der Waals surface area contributed by atoms with E-state index in [2.05, 4.69) is 35.1 Å². The highest BCUT2D eigenvalue weighted by Crippen LogP contribution is 2.20. The number of halogens is 1. The van der Waals surface area contributed by atoms with E-state index in [-0.39, 0.29) is 5.78 Å². The van der Waals surface area contributed by atoms with Crippen LogP contribution in [0.3, 0.4) is 0 Å². The number of nitrogens with two attached hydrogens (primary N) is 1. The van der Waals surface area contributed by atoms with Gasteiger partial charge in [0, 0.05) is 15.7 Å². The number of ketones is 1. The van der Waals surface area contributed by atoms with Crippen molar-refractivity contribution in [3.63, 3.8) is 0 Å². The zero-order valence-electron chi connectivity index (χ0n) is 9.59. The molecule has 3 nitrogen and oxygen atoms in total. The molecule has 0 aliphatic rings. The minimum atomic E-state index is 0.0693. The van der Waals surface area contributed by atoms with E-state index in [9.17, 15) is 4.79 Å². The molecule has 0 unspecified atom stereocenters. The van der Waals surface area contributed by atoms with Gasteiger partial charge in [-0.2, -0.15) is 0 Å². The number of nitrogens with one attached hydrogen (secondary N) is 1. The summed E-state index contributed by atoms with van der Waals surface area (Å²) in [6, 6.07) is 5.27. The summed E-state index contributed by atoms with van der Waals surface area (Å²) in [5.41, 5.74) is 6.96. The summed E-state index contributed by atoms with van der Waals surface area (Å²) in [6.07, 6.45) is 0. The Bertz CT molecular complexity index is 377. The number of hydrogen-bond donors (Lipinski definition) is 2. The van der Waals surface area contributed by atoms with Gasteiger partial charge in [-0.25, -0.2) is 0 Å². The van der Waals surface area contributed by atoms with Gasteiger partial charge in [0.05, 0.1) is 6.54 Å². The van der Waals surface area contributed by atoms with E-state index in [0.29, 0.717) is 23.7 Å². The number of Topliss-reactive ketones (excluding diaryl/α,β-unsaturated/α-hetero) is 1. The zero-order valence-corrected chi connectivity index (χ0v) is 11.2. The Hall–Kier alpha value is -0.870. The van der Waals surface area contributed by atoms with Crippen LogP contribution in [0.15, 0.2) is 22.7 Å². The normalized spacial score (nSPS) is 10.8. The predicted molar refractivity (Wildman–Crippen MR) is 70.6 cm³/mol. The number of carbonyl (C=O) groups excluding carboxylic acids is 1. The summed E-state index contributed by atoms with van der Waals surface area (Å²) in [5.74, 6) is 0.614. The first kappa shape index (κ1) is 13.2. The molecule has 0 atom stereocenters. The van der Waals surface area contributed by atoms with Gasteiger partial charge in [-0.15, -0.1) is 0 Å². The van der Waals surface area contributed by atoms with Gasteiger partial charge < -0.3 is 11.1 Å². The Morgan fingerprint density at radius 3 is 2.75 bits per heavy atom. The van der Waals surface area contributed by atoms with Crippen molar-refractivity contribution in [1.29, 1.82) is 0 Å². The fourth-order valence-corrected chi connectivity index (χ4v) is 1.54. The molecule has 0 bridgehead atoms. The van der Waals surface area contributed by atoms with Crippen LogP contribution in [-0.4, -0.2) is 18.9 Å². The molecule has 0 heterocycles. The average molecular weight is 285 g/mol. The largest absolute Gasteiger partial charge is 0.398 e. The Kier molecular flexibility index (Phi) is 4.96. The standard InChI is InChI=1S/C12H17BrN2O/c1-8(2)6-15-7-12(16)9-3-4-10(13)11(14)5-9/h3-5,8,15H,6-7,14H2,1-2H3. The molecule has 0 aromatic heterocycles. The smallest absolute Gasteiger partial charge is 0.176 e. The van der Waals surface area contributed by atoms with E-state index in [4.69, 9.17) is 5.73 Å². The monoisotopic (exact) mass is 284 g/mol. The van der Waals surface area contributed by atoms with Crippen molar-refractivity contribution >= 4 is 27.4 Å². The average Bonchev–Trinajstić information content (AvgIpc) is 2.21. The molecule has 0 fully saturated rings. The van der Waals surface area contributed by atoms with Crippen molar-refractivity contribution < 1.29 is 4.79 Å². The van der Waals surface area contributed by atoms with E-state index in [1.54, 1.807) is 18.2 Å². The lowest BCUT2D eigenvalue weighted by Gasteiger charge is -2.07. The first-order valence-corrected chi connectivity index (χ1v) is 6.09. The number of anilines is 1. The third-order valence-corrected chi connectivity index (χ3v) is 2.88. The molecule has 0 aliphatic heterocycles. The van der Waals surface area contributed by atoms with Crippen molar-refractivity contribution in [2.75, 3.05) is 18.8 Å². The number of carbonyl (C=O) groups is 1. The van der Waals surface area contributed by atoms with Gasteiger partial charge in [-0.05, 0) is 40.5 Å². The fourth-order valence-electron chi connectivity index (χ4n) is 1.29. The van der Waals surface area contributed by atoms with Crippen LogP contribution in [0.1, 0.15) is 24.2 Å². The molecular weight excluding hydrogens is 268 g/mol. The van der Waals surface area contributed by atoms with Crippen LogP contribution < -0.4 is 11.1 Å². The maximum atomic E-state index is 11.8. The van der Waals surface area contributed by atoms with Gasteiger partial charge in [-0.1, -0.05) is 19.9 Å². The molecule has 0 amide bonds. The molecular formula is C12H17BrN2O.